The van der Waals surface area contributed by atoms with Gasteiger partial charge in [-0.2, -0.15) is 0 Å². The van der Waals surface area contributed by atoms with E-state index in [1.165, 1.54) is 0 Å². The average molecular weight is 218 g/mol. The highest BCUT2D eigenvalue weighted by Crippen LogP contribution is 1.79. The smallest absolute Gasteiger partial charge is 0.246 e. The summed E-state index contributed by atoms with van der Waals surface area (Å²) in [5.41, 5.74) is 0. The number of aliphatic hydroxyl groups is 1. The first-order valence-corrected chi connectivity index (χ1v) is 5.40. The van der Waals surface area contributed by atoms with Gasteiger partial charge in [-0.05, 0) is 13.3 Å². The third kappa shape index (κ3) is 11.3. The van der Waals surface area contributed by atoms with E-state index in [4.69, 9.17) is 9.84 Å². The number of hydrogen-bond acceptors (Lipinski definition) is 4. The summed E-state index contributed by atoms with van der Waals surface area (Å²) in [7, 11) is 0. The molecule has 0 bridgehead atoms. The Bertz CT molecular complexity index is 163. The lowest BCUT2D eigenvalue weighted by Crippen LogP contribution is -2.36. The number of carbonyl (C=O) groups is 1. The summed E-state index contributed by atoms with van der Waals surface area (Å²) in [6, 6.07) is 0. The highest BCUT2D eigenvalue weighted by atomic mass is 16.5. The van der Waals surface area contributed by atoms with Crippen molar-refractivity contribution in [2.75, 3.05) is 32.8 Å². The number of rotatable bonds is 9. The molecular weight excluding hydrogens is 196 g/mol. The first kappa shape index (κ1) is 14.3. The first-order chi connectivity index (χ1) is 7.16. The summed E-state index contributed by atoms with van der Waals surface area (Å²) >= 11 is 0. The van der Waals surface area contributed by atoms with Crippen molar-refractivity contribution in [3.05, 3.63) is 0 Å². The fourth-order valence-electron chi connectivity index (χ4n) is 0.961. The molecular formula is C10H22N2O3. The number of ether oxygens (including phenoxy) is 1. The van der Waals surface area contributed by atoms with Gasteiger partial charge in [-0.15, -0.1) is 0 Å². The summed E-state index contributed by atoms with van der Waals surface area (Å²) in [5, 5.41) is 14.6. The van der Waals surface area contributed by atoms with Crippen LogP contribution in [0.25, 0.3) is 0 Å². The Morgan fingerprint density at radius 3 is 2.80 bits per heavy atom. The second-order valence-electron chi connectivity index (χ2n) is 3.46. The molecule has 0 aromatic carbocycles. The van der Waals surface area contributed by atoms with E-state index in [1.807, 2.05) is 6.92 Å². The molecule has 5 heteroatoms. The van der Waals surface area contributed by atoms with Crippen LogP contribution >= 0.6 is 0 Å². The molecule has 0 rings (SSSR count). The van der Waals surface area contributed by atoms with Crippen LogP contribution in [0.2, 0.25) is 0 Å². The Morgan fingerprint density at radius 1 is 1.47 bits per heavy atom. The van der Waals surface area contributed by atoms with Crippen molar-refractivity contribution in [3.8, 4) is 0 Å². The monoisotopic (exact) mass is 218 g/mol. The van der Waals surface area contributed by atoms with Crippen LogP contribution in [-0.2, 0) is 9.53 Å². The number of aliphatic hydroxyl groups excluding tert-OH is 1. The Balaban J connectivity index is 3.17. The van der Waals surface area contributed by atoms with E-state index in [1.54, 1.807) is 6.92 Å². The van der Waals surface area contributed by atoms with E-state index in [-0.39, 0.29) is 18.6 Å². The molecule has 0 saturated heterocycles. The molecule has 0 radical (unpaired) electrons. The van der Waals surface area contributed by atoms with E-state index in [2.05, 4.69) is 10.6 Å². The minimum absolute atomic E-state index is 0.0951. The van der Waals surface area contributed by atoms with Gasteiger partial charge in [0.1, 0.15) is 6.61 Å². The van der Waals surface area contributed by atoms with Gasteiger partial charge in [0, 0.05) is 26.2 Å². The quantitative estimate of drug-likeness (QED) is 0.456. The summed E-state index contributed by atoms with van der Waals surface area (Å²) in [5.74, 6) is -0.0951. The molecule has 5 nitrogen and oxygen atoms in total. The molecule has 0 fully saturated rings. The van der Waals surface area contributed by atoms with Crippen LogP contribution in [-0.4, -0.2) is 50.0 Å². The largest absolute Gasteiger partial charge is 0.392 e. The van der Waals surface area contributed by atoms with Crippen molar-refractivity contribution in [2.24, 2.45) is 0 Å². The Kier molecular flexibility index (Phi) is 9.46. The summed E-state index contributed by atoms with van der Waals surface area (Å²) < 4.78 is 5.07. The van der Waals surface area contributed by atoms with Gasteiger partial charge in [-0.3, -0.25) is 4.79 Å². The molecule has 0 saturated carbocycles. The number of hydrogen-bond donors (Lipinski definition) is 3. The molecule has 0 heterocycles. The van der Waals surface area contributed by atoms with Gasteiger partial charge in [0.2, 0.25) is 5.91 Å². The second-order valence-corrected chi connectivity index (χ2v) is 3.46. The van der Waals surface area contributed by atoms with Gasteiger partial charge in [-0.1, -0.05) is 6.92 Å². The molecule has 0 aromatic heterocycles. The fourth-order valence-corrected chi connectivity index (χ4v) is 0.961. The Labute approximate surface area is 91.2 Å². The molecule has 1 amide bonds. The Hall–Kier alpha value is -0.650. The lowest BCUT2D eigenvalue weighted by molar-refractivity contribution is -0.125. The van der Waals surface area contributed by atoms with Crippen molar-refractivity contribution in [2.45, 2.75) is 26.4 Å². The zero-order chi connectivity index (χ0) is 11.5. The lowest BCUT2D eigenvalue weighted by atomic mass is 10.4. The maximum Gasteiger partial charge on any atom is 0.246 e. The molecule has 0 aliphatic heterocycles. The van der Waals surface area contributed by atoms with Crippen molar-refractivity contribution >= 4 is 5.91 Å². The zero-order valence-corrected chi connectivity index (χ0v) is 9.58. The zero-order valence-electron chi connectivity index (χ0n) is 9.58. The standard InChI is InChI=1S/C10H22N2O3/c1-3-6-15-8-10(14)12-5-4-11-7-9(2)13/h9,11,13H,3-8H2,1-2H3,(H,12,14). The van der Waals surface area contributed by atoms with Crippen LogP contribution in [0.3, 0.4) is 0 Å². The van der Waals surface area contributed by atoms with Gasteiger partial charge in [0.15, 0.2) is 0 Å². The second kappa shape index (κ2) is 9.89. The van der Waals surface area contributed by atoms with Crippen molar-refractivity contribution in [3.63, 3.8) is 0 Å². The maximum absolute atomic E-state index is 11.1. The highest BCUT2D eigenvalue weighted by molar-refractivity contribution is 5.77. The van der Waals surface area contributed by atoms with Crippen LogP contribution in [0.5, 0.6) is 0 Å². The van der Waals surface area contributed by atoms with Gasteiger partial charge >= 0.3 is 0 Å². The topological polar surface area (TPSA) is 70.6 Å². The third-order valence-electron chi connectivity index (χ3n) is 1.65. The van der Waals surface area contributed by atoms with E-state index < -0.39 is 0 Å². The van der Waals surface area contributed by atoms with Crippen LogP contribution in [0.4, 0.5) is 0 Å². The van der Waals surface area contributed by atoms with Gasteiger partial charge < -0.3 is 20.5 Å². The van der Waals surface area contributed by atoms with Crippen molar-refractivity contribution in [1.29, 1.82) is 0 Å². The third-order valence-corrected chi connectivity index (χ3v) is 1.65. The number of carbonyl (C=O) groups excluding carboxylic acids is 1. The molecule has 0 aliphatic rings. The van der Waals surface area contributed by atoms with E-state index in [0.29, 0.717) is 26.2 Å². The van der Waals surface area contributed by atoms with Gasteiger partial charge in [-0.25, -0.2) is 0 Å². The molecule has 0 aliphatic carbocycles. The fraction of sp³-hybridized carbons (Fsp3) is 0.900. The normalized spacial score (nSPS) is 12.5. The van der Waals surface area contributed by atoms with Crippen LogP contribution in [0, 0.1) is 0 Å². The van der Waals surface area contributed by atoms with Crippen molar-refractivity contribution in [1.82, 2.24) is 10.6 Å². The molecule has 3 N–H and O–H groups in total. The maximum atomic E-state index is 11.1. The minimum Gasteiger partial charge on any atom is -0.392 e. The van der Waals surface area contributed by atoms with E-state index in [0.717, 1.165) is 6.42 Å². The molecule has 1 unspecified atom stereocenters. The molecule has 1 atom stereocenters. The van der Waals surface area contributed by atoms with E-state index >= 15 is 0 Å². The highest BCUT2D eigenvalue weighted by Gasteiger charge is 1.99. The molecule has 90 valence electrons. The predicted molar refractivity (Wildman–Crippen MR) is 58.7 cm³/mol. The first-order valence-electron chi connectivity index (χ1n) is 5.40. The van der Waals surface area contributed by atoms with Gasteiger partial charge in [0.05, 0.1) is 6.10 Å². The minimum atomic E-state index is -0.353. The summed E-state index contributed by atoms with van der Waals surface area (Å²) in [6.07, 6.45) is 0.567. The summed E-state index contributed by atoms with van der Waals surface area (Å²) in [4.78, 5) is 11.1. The number of amides is 1. The molecule has 0 aromatic rings. The number of nitrogens with one attached hydrogen (secondary N) is 2. The lowest BCUT2D eigenvalue weighted by Gasteiger charge is -2.08. The predicted octanol–water partition coefficient (Wildman–Crippen LogP) is -0.500. The van der Waals surface area contributed by atoms with Crippen molar-refractivity contribution < 1.29 is 14.6 Å². The van der Waals surface area contributed by atoms with Crippen LogP contribution < -0.4 is 10.6 Å². The van der Waals surface area contributed by atoms with Crippen LogP contribution in [0.15, 0.2) is 0 Å². The summed E-state index contributed by atoms with van der Waals surface area (Å²) in [6.45, 7) is 6.22. The SMILES string of the molecule is CCCOCC(=O)NCCNCC(C)O. The Morgan fingerprint density at radius 2 is 2.20 bits per heavy atom. The van der Waals surface area contributed by atoms with Gasteiger partial charge in [0.25, 0.3) is 0 Å². The van der Waals surface area contributed by atoms with Crippen LogP contribution in [0.1, 0.15) is 20.3 Å². The van der Waals surface area contributed by atoms with E-state index in [9.17, 15) is 4.79 Å². The molecule has 0 spiro atoms. The average Bonchev–Trinajstić information content (AvgIpc) is 2.17. The molecule has 15 heavy (non-hydrogen) atoms.